The summed E-state index contributed by atoms with van der Waals surface area (Å²) < 4.78 is 0. The molecule has 0 aliphatic rings. The molecule has 0 aromatic carbocycles. The molecule has 0 spiro atoms. The number of carboxylic acids is 1. The highest BCUT2D eigenvalue weighted by Crippen LogP contribution is 2.17. The van der Waals surface area contributed by atoms with Crippen LogP contribution >= 0.6 is 11.8 Å². The Labute approximate surface area is 126 Å². The molecular weight excluding hydrogens is 294 g/mol. The van der Waals surface area contributed by atoms with Crippen LogP contribution in [0.4, 0.5) is 0 Å². The third kappa shape index (κ3) is 5.42. The molecule has 0 saturated heterocycles. The van der Waals surface area contributed by atoms with Gasteiger partial charge in [0, 0.05) is 33.0 Å². The predicted octanol–water partition coefficient (Wildman–Crippen LogP) is 0.465. The van der Waals surface area contributed by atoms with E-state index in [1.807, 2.05) is 0 Å². The number of pyridine rings is 1. The zero-order valence-corrected chi connectivity index (χ0v) is 12.8. The Morgan fingerprint density at radius 1 is 1.38 bits per heavy atom. The average Bonchev–Trinajstić information content (AvgIpc) is 2.42. The van der Waals surface area contributed by atoms with Crippen LogP contribution in [0.3, 0.4) is 0 Å². The maximum atomic E-state index is 11.7. The summed E-state index contributed by atoms with van der Waals surface area (Å²) in [5, 5.41) is 11.9. The second kappa shape index (κ2) is 7.63. The highest BCUT2D eigenvalue weighted by Gasteiger charge is 2.18. The molecule has 1 aromatic heterocycles. The van der Waals surface area contributed by atoms with Crippen molar-refractivity contribution in [2.75, 3.05) is 19.8 Å². The second-order valence-electron chi connectivity index (χ2n) is 4.49. The first kappa shape index (κ1) is 17.0. The van der Waals surface area contributed by atoms with Crippen molar-refractivity contribution in [1.29, 1.82) is 0 Å². The van der Waals surface area contributed by atoms with Crippen molar-refractivity contribution in [3.63, 3.8) is 0 Å². The van der Waals surface area contributed by atoms with Crippen LogP contribution in [-0.4, -0.2) is 58.7 Å². The number of nitrogens with one attached hydrogen (secondary N) is 1. The van der Waals surface area contributed by atoms with Gasteiger partial charge in [0.2, 0.25) is 5.91 Å². The van der Waals surface area contributed by atoms with Gasteiger partial charge in [0.05, 0.1) is 10.6 Å². The SMILES string of the molecule is CC(=O)N[C@@H](CSc1ccc(C(=O)N(C)C)cn1)C(=O)O. The molecule has 1 rings (SSSR count). The van der Waals surface area contributed by atoms with E-state index in [2.05, 4.69) is 10.3 Å². The number of nitrogens with zero attached hydrogens (tertiary/aromatic N) is 2. The number of amides is 2. The van der Waals surface area contributed by atoms with Crippen molar-refractivity contribution in [3.05, 3.63) is 23.9 Å². The molecule has 2 N–H and O–H groups in total. The quantitative estimate of drug-likeness (QED) is 0.741. The van der Waals surface area contributed by atoms with Gasteiger partial charge in [-0.1, -0.05) is 0 Å². The van der Waals surface area contributed by atoms with Gasteiger partial charge in [-0.2, -0.15) is 0 Å². The summed E-state index contributed by atoms with van der Waals surface area (Å²) in [7, 11) is 3.30. The van der Waals surface area contributed by atoms with Crippen LogP contribution in [-0.2, 0) is 9.59 Å². The van der Waals surface area contributed by atoms with Gasteiger partial charge in [-0.05, 0) is 12.1 Å². The fourth-order valence-corrected chi connectivity index (χ4v) is 2.29. The maximum Gasteiger partial charge on any atom is 0.327 e. The van der Waals surface area contributed by atoms with E-state index in [-0.39, 0.29) is 11.7 Å². The smallest absolute Gasteiger partial charge is 0.327 e. The Morgan fingerprint density at radius 2 is 2.05 bits per heavy atom. The van der Waals surface area contributed by atoms with Crippen molar-refractivity contribution in [2.24, 2.45) is 0 Å². The Hall–Kier alpha value is -2.09. The van der Waals surface area contributed by atoms with Gasteiger partial charge >= 0.3 is 5.97 Å². The van der Waals surface area contributed by atoms with Crippen LogP contribution < -0.4 is 5.32 Å². The largest absolute Gasteiger partial charge is 0.480 e. The van der Waals surface area contributed by atoms with Crippen molar-refractivity contribution >= 4 is 29.5 Å². The molecule has 7 nitrogen and oxygen atoms in total. The normalized spacial score (nSPS) is 11.6. The van der Waals surface area contributed by atoms with Crippen molar-refractivity contribution in [2.45, 2.75) is 18.0 Å². The predicted molar refractivity (Wildman–Crippen MR) is 78.2 cm³/mol. The van der Waals surface area contributed by atoms with Gasteiger partial charge in [-0.15, -0.1) is 11.8 Å². The zero-order valence-electron chi connectivity index (χ0n) is 12.0. The Kier molecular flexibility index (Phi) is 6.16. The van der Waals surface area contributed by atoms with E-state index in [0.29, 0.717) is 10.6 Å². The number of carboxylic acid groups (broad SMARTS) is 1. The monoisotopic (exact) mass is 311 g/mol. The third-order valence-electron chi connectivity index (χ3n) is 2.46. The summed E-state index contributed by atoms with van der Waals surface area (Å²) in [6.07, 6.45) is 1.44. The highest BCUT2D eigenvalue weighted by molar-refractivity contribution is 7.99. The highest BCUT2D eigenvalue weighted by atomic mass is 32.2. The number of hydrogen-bond donors (Lipinski definition) is 2. The molecule has 114 valence electrons. The molecule has 21 heavy (non-hydrogen) atoms. The lowest BCUT2D eigenvalue weighted by Crippen LogP contribution is -2.41. The Balaban J connectivity index is 2.65. The average molecular weight is 311 g/mol. The van der Waals surface area contributed by atoms with Crippen LogP contribution in [0.5, 0.6) is 0 Å². The molecule has 1 aromatic rings. The van der Waals surface area contributed by atoms with Crippen LogP contribution in [0.2, 0.25) is 0 Å². The van der Waals surface area contributed by atoms with Gasteiger partial charge in [0.1, 0.15) is 6.04 Å². The summed E-state index contributed by atoms with van der Waals surface area (Å²) in [6.45, 7) is 1.26. The third-order valence-corrected chi connectivity index (χ3v) is 3.50. The molecule has 0 unspecified atom stereocenters. The number of aromatic nitrogens is 1. The summed E-state index contributed by atoms with van der Waals surface area (Å²) in [6, 6.07) is 2.30. The van der Waals surface area contributed by atoms with E-state index in [1.165, 1.54) is 29.8 Å². The van der Waals surface area contributed by atoms with E-state index < -0.39 is 17.9 Å². The van der Waals surface area contributed by atoms with Gasteiger partial charge in [-0.3, -0.25) is 9.59 Å². The number of hydrogen-bond acceptors (Lipinski definition) is 5. The number of rotatable bonds is 6. The van der Waals surface area contributed by atoms with Gasteiger partial charge in [0.25, 0.3) is 5.91 Å². The van der Waals surface area contributed by atoms with Crippen molar-refractivity contribution < 1.29 is 19.5 Å². The molecule has 0 bridgehead atoms. The Bertz CT molecular complexity index is 531. The van der Waals surface area contributed by atoms with Gasteiger partial charge < -0.3 is 15.3 Å². The minimum Gasteiger partial charge on any atom is -0.480 e. The van der Waals surface area contributed by atoms with Crippen molar-refractivity contribution in [3.8, 4) is 0 Å². The lowest BCUT2D eigenvalue weighted by atomic mass is 10.2. The van der Waals surface area contributed by atoms with E-state index in [9.17, 15) is 14.4 Å². The molecule has 2 amide bonds. The van der Waals surface area contributed by atoms with E-state index in [4.69, 9.17) is 5.11 Å². The fourth-order valence-electron chi connectivity index (χ4n) is 1.44. The lowest BCUT2D eigenvalue weighted by molar-refractivity contribution is -0.140. The molecule has 0 radical (unpaired) electrons. The topological polar surface area (TPSA) is 99.6 Å². The van der Waals surface area contributed by atoms with Crippen LogP contribution in [0, 0.1) is 0 Å². The van der Waals surface area contributed by atoms with E-state index >= 15 is 0 Å². The number of aliphatic carboxylic acids is 1. The first-order chi connectivity index (χ1) is 9.81. The molecule has 1 atom stereocenters. The van der Waals surface area contributed by atoms with Crippen LogP contribution in [0.25, 0.3) is 0 Å². The molecule has 0 fully saturated rings. The molecule has 8 heteroatoms. The minimum atomic E-state index is -1.10. The summed E-state index contributed by atoms with van der Waals surface area (Å²) in [4.78, 5) is 39.1. The maximum absolute atomic E-state index is 11.7. The zero-order chi connectivity index (χ0) is 16.0. The van der Waals surface area contributed by atoms with Gasteiger partial charge in [0.15, 0.2) is 0 Å². The first-order valence-electron chi connectivity index (χ1n) is 6.11. The summed E-state index contributed by atoms with van der Waals surface area (Å²) in [5.74, 6) is -1.50. The minimum absolute atomic E-state index is 0.152. The van der Waals surface area contributed by atoms with E-state index in [1.54, 1.807) is 26.2 Å². The van der Waals surface area contributed by atoms with Crippen LogP contribution in [0.1, 0.15) is 17.3 Å². The standard InChI is InChI=1S/C13H17N3O4S/c1-8(17)15-10(13(19)20)7-21-11-5-4-9(6-14-11)12(18)16(2)3/h4-6,10H,7H2,1-3H3,(H,15,17)(H,19,20)/t10-/m0/s1. The van der Waals surface area contributed by atoms with E-state index in [0.717, 1.165) is 0 Å². The molecular formula is C13H17N3O4S. The molecule has 0 aliphatic carbocycles. The second-order valence-corrected chi connectivity index (χ2v) is 5.53. The number of thioether (sulfide) groups is 1. The number of carbonyl (C=O) groups is 3. The fraction of sp³-hybridized carbons (Fsp3) is 0.385. The first-order valence-corrected chi connectivity index (χ1v) is 7.10. The summed E-state index contributed by atoms with van der Waals surface area (Å²) >= 11 is 1.20. The number of carbonyl (C=O) groups excluding carboxylic acids is 2. The van der Waals surface area contributed by atoms with Crippen molar-refractivity contribution in [1.82, 2.24) is 15.2 Å². The Morgan fingerprint density at radius 3 is 2.48 bits per heavy atom. The summed E-state index contributed by atoms with van der Waals surface area (Å²) in [5.41, 5.74) is 0.459. The lowest BCUT2D eigenvalue weighted by Gasteiger charge is -2.13. The molecule has 0 aliphatic heterocycles. The van der Waals surface area contributed by atoms with Gasteiger partial charge in [-0.25, -0.2) is 9.78 Å². The molecule has 1 heterocycles. The van der Waals surface area contributed by atoms with Crippen LogP contribution in [0.15, 0.2) is 23.4 Å². The molecule has 0 saturated carbocycles.